The van der Waals surface area contributed by atoms with Crippen LogP contribution in [-0.2, 0) is 23.2 Å². The Hall–Kier alpha value is -0.640. The van der Waals surface area contributed by atoms with Gasteiger partial charge in [0.1, 0.15) is 6.10 Å². The van der Waals surface area contributed by atoms with E-state index in [4.69, 9.17) is 9.05 Å². The lowest BCUT2D eigenvalue weighted by Crippen LogP contribution is -2.46. The Morgan fingerprint density at radius 1 is 0.971 bits per heavy atom. The molecule has 2 atom stereocenters. The molecule has 0 aliphatic heterocycles. The fourth-order valence-corrected chi connectivity index (χ4v) is 4.86. The van der Waals surface area contributed by atoms with Gasteiger partial charge < -0.3 is 20.6 Å². The average Bonchev–Trinajstić information content (AvgIpc) is 2.65. The molecule has 202 valence electrons. The number of phosphoric acid groups is 1. The molecular weight excluding hydrogens is 479 g/mol. The van der Waals surface area contributed by atoms with Crippen molar-refractivity contribution in [2.24, 2.45) is 10.8 Å². The molecule has 0 bridgehead atoms. The van der Waals surface area contributed by atoms with Gasteiger partial charge in [-0.25, -0.2) is 4.57 Å². The van der Waals surface area contributed by atoms with Gasteiger partial charge in [-0.1, -0.05) is 41.0 Å². The molecule has 0 fully saturated rings. The zero-order valence-electron chi connectivity index (χ0n) is 22.2. The van der Waals surface area contributed by atoms with Crippen molar-refractivity contribution in [3.63, 3.8) is 0 Å². The van der Waals surface area contributed by atoms with Gasteiger partial charge in [-0.3, -0.25) is 18.6 Å². The first-order chi connectivity index (χ1) is 15.3. The molecule has 0 heterocycles. The Morgan fingerprint density at radius 2 is 1.59 bits per heavy atom. The zero-order chi connectivity index (χ0) is 26.6. The fourth-order valence-electron chi connectivity index (χ4n) is 2.76. The Labute approximate surface area is 210 Å². The summed E-state index contributed by atoms with van der Waals surface area (Å²) in [6.45, 7) is 14.9. The van der Waals surface area contributed by atoms with Gasteiger partial charge in [-0.15, -0.1) is 0 Å². The first-order valence-electron chi connectivity index (χ1n) is 11.8. The molecule has 4 N–H and O–H groups in total. The van der Waals surface area contributed by atoms with Gasteiger partial charge in [0, 0.05) is 30.7 Å². The lowest BCUT2D eigenvalue weighted by Gasteiger charge is -2.31. The van der Waals surface area contributed by atoms with E-state index in [1.165, 1.54) is 33.1 Å². The smallest absolute Gasteiger partial charge is 0.383 e. The summed E-state index contributed by atoms with van der Waals surface area (Å²) in [5, 5.41) is 15.7. The number of aliphatic hydroxyl groups is 1. The van der Waals surface area contributed by atoms with Gasteiger partial charge in [0.25, 0.3) is 0 Å². The standard InChI is InChI=1S/C23H47N2O7PS/c1-21(2,3)12-9-10-15-34-16-14-24-18(26)11-13-25-20(28)19(27)23(7,8)17-31-33(29,30)32-22(4,5)6/h19,27H,9-17H2,1-8H3,(H,24,26)(H,25,28)(H,29,30). The van der Waals surface area contributed by atoms with Crippen molar-refractivity contribution in [3.05, 3.63) is 0 Å². The quantitative estimate of drug-likeness (QED) is 0.176. The number of hydrogen-bond acceptors (Lipinski definition) is 7. The Balaban J connectivity index is 4.11. The van der Waals surface area contributed by atoms with Crippen LogP contribution in [0, 0.1) is 10.8 Å². The lowest BCUT2D eigenvalue weighted by atomic mass is 9.87. The number of unbranched alkanes of at least 4 members (excludes halogenated alkanes) is 1. The first-order valence-corrected chi connectivity index (χ1v) is 14.5. The van der Waals surface area contributed by atoms with Crippen LogP contribution in [-0.4, -0.2) is 64.7 Å². The molecule has 0 saturated heterocycles. The minimum Gasteiger partial charge on any atom is -0.383 e. The minimum absolute atomic E-state index is 0.0736. The van der Waals surface area contributed by atoms with Crippen molar-refractivity contribution in [2.45, 2.75) is 92.8 Å². The van der Waals surface area contributed by atoms with Crippen molar-refractivity contribution in [1.29, 1.82) is 0 Å². The highest BCUT2D eigenvalue weighted by molar-refractivity contribution is 7.99. The van der Waals surface area contributed by atoms with E-state index in [2.05, 4.69) is 31.4 Å². The summed E-state index contributed by atoms with van der Waals surface area (Å²) >= 11 is 1.81. The molecule has 2 unspecified atom stereocenters. The van der Waals surface area contributed by atoms with Crippen LogP contribution < -0.4 is 10.6 Å². The minimum atomic E-state index is -4.34. The van der Waals surface area contributed by atoms with Gasteiger partial charge in [0.15, 0.2) is 0 Å². The third-order valence-electron chi connectivity index (χ3n) is 4.66. The lowest BCUT2D eigenvalue weighted by molar-refractivity contribution is -0.137. The molecule has 0 radical (unpaired) electrons. The molecule has 0 saturated carbocycles. The van der Waals surface area contributed by atoms with Gasteiger partial charge >= 0.3 is 7.82 Å². The number of thioether (sulfide) groups is 1. The molecule has 0 aromatic rings. The van der Waals surface area contributed by atoms with E-state index in [9.17, 15) is 24.2 Å². The molecule has 9 nitrogen and oxygen atoms in total. The van der Waals surface area contributed by atoms with Crippen LogP contribution in [0.4, 0.5) is 0 Å². The number of carbonyl (C=O) groups is 2. The molecule has 0 spiro atoms. The largest absolute Gasteiger partial charge is 0.472 e. The van der Waals surface area contributed by atoms with E-state index in [0.29, 0.717) is 12.0 Å². The van der Waals surface area contributed by atoms with E-state index in [1.54, 1.807) is 20.8 Å². The summed E-state index contributed by atoms with van der Waals surface area (Å²) in [6, 6.07) is 0. The highest BCUT2D eigenvalue weighted by atomic mass is 32.2. The van der Waals surface area contributed by atoms with Gasteiger partial charge in [-0.2, -0.15) is 11.8 Å². The third-order valence-corrected chi connectivity index (χ3v) is 6.97. The number of phosphoric ester groups is 1. The third kappa shape index (κ3) is 17.7. The van der Waals surface area contributed by atoms with Crippen molar-refractivity contribution in [1.82, 2.24) is 10.6 Å². The molecule has 0 aromatic heterocycles. The van der Waals surface area contributed by atoms with Crippen LogP contribution >= 0.6 is 19.6 Å². The van der Waals surface area contributed by atoms with Gasteiger partial charge in [-0.05, 0) is 44.8 Å². The Kier molecular flexibility index (Phi) is 14.5. The normalized spacial score (nSPS) is 15.5. The van der Waals surface area contributed by atoms with Crippen molar-refractivity contribution >= 4 is 31.4 Å². The molecule has 0 rings (SSSR count). The number of amides is 2. The SMILES string of the molecule is CC(C)(C)CCCCSCCNC(=O)CCNC(=O)C(O)C(C)(C)COP(=O)(O)OC(C)(C)C. The molecular formula is C23H47N2O7PS. The van der Waals surface area contributed by atoms with Crippen LogP contribution in [0.25, 0.3) is 0 Å². The topological polar surface area (TPSA) is 134 Å². The highest BCUT2D eigenvalue weighted by Gasteiger charge is 2.38. The molecule has 0 aliphatic carbocycles. The van der Waals surface area contributed by atoms with Crippen molar-refractivity contribution in [3.8, 4) is 0 Å². The van der Waals surface area contributed by atoms with E-state index in [0.717, 1.165) is 11.5 Å². The van der Waals surface area contributed by atoms with E-state index in [1.807, 2.05) is 11.8 Å². The number of rotatable bonds is 16. The second kappa shape index (κ2) is 14.8. The molecule has 0 aliphatic rings. The van der Waals surface area contributed by atoms with Gasteiger partial charge in [0.05, 0.1) is 12.2 Å². The van der Waals surface area contributed by atoms with E-state index >= 15 is 0 Å². The second-order valence-electron chi connectivity index (χ2n) is 11.4. The monoisotopic (exact) mass is 526 g/mol. The number of nitrogens with one attached hydrogen (secondary N) is 2. The van der Waals surface area contributed by atoms with E-state index < -0.39 is 30.8 Å². The zero-order valence-corrected chi connectivity index (χ0v) is 23.9. The maximum Gasteiger partial charge on any atom is 0.472 e. The summed E-state index contributed by atoms with van der Waals surface area (Å²) in [5.41, 5.74) is -1.68. The Morgan fingerprint density at radius 3 is 2.15 bits per heavy atom. The molecule has 11 heteroatoms. The Bertz CT molecular complexity index is 675. The molecule has 2 amide bonds. The summed E-state index contributed by atoms with van der Waals surface area (Å²) in [4.78, 5) is 34.0. The van der Waals surface area contributed by atoms with Crippen molar-refractivity contribution in [2.75, 3.05) is 31.2 Å². The van der Waals surface area contributed by atoms with Gasteiger partial charge in [0.2, 0.25) is 11.8 Å². The predicted octanol–water partition coefficient (Wildman–Crippen LogP) is 3.88. The summed E-state index contributed by atoms with van der Waals surface area (Å²) in [7, 11) is -4.34. The number of hydrogen-bond donors (Lipinski definition) is 4. The first kappa shape index (κ1) is 33.4. The van der Waals surface area contributed by atoms with Crippen LogP contribution in [0.5, 0.6) is 0 Å². The highest BCUT2D eigenvalue weighted by Crippen LogP contribution is 2.48. The van der Waals surface area contributed by atoms with Crippen LogP contribution in [0.1, 0.15) is 81.1 Å². The number of carbonyl (C=O) groups excluding carboxylic acids is 2. The predicted molar refractivity (Wildman–Crippen MR) is 138 cm³/mol. The number of aliphatic hydroxyl groups excluding tert-OH is 1. The van der Waals surface area contributed by atoms with E-state index in [-0.39, 0.29) is 25.5 Å². The summed E-state index contributed by atoms with van der Waals surface area (Å²) < 4.78 is 22.0. The second-order valence-corrected chi connectivity index (χ2v) is 14.0. The summed E-state index contributed by atoms with van der Waals surface area (Å²) in [5.74, 6) is 1.06. The summed E-state index contributed by atoms with van der Waals surface area (Å²) in [6.07, 6.45) is 2.19. The average molecular weight is 527 g/mol. The van der Waals surface area contributed by atoms with Crippen LogP contribution in [0.15, 0.2) is 0 Å². The van der Waals surface area contributed by atoms with Crippen LogP contribution in [0.2, 0.25) is 0 Å². The maximum absolute atomic E-state index is 12.3. The fraction of sp³-hybridized carbons (Fsp3) is 0.913. The maximum atomic E-state index is 12.3. The molecule has 0 aromatic carbocycles. The van der Waals surface area contributed by atoms with Crippen molar-refractivity contribution < 1.29 is 33.2 Å². The van der Waals surface area contributed by atoms with Crippen LogP contribution in [0.3, 0.4) is 0 Å². The molecule has 34 heavy (non-hydrogen) atoms.